The minimum Gasteiger partial charge on any atom is -0.477 e. The molecule has 10 heteroatoms. The predicted molar refractivity (Wildman–Crippen MR) is 98.0 cm³/mol. The molecular weight excluding hydrogens is 364 g/mol. The van der Waals surface area contributed by atoms with Crippen LogP contribution >= 0.6 is 0 Å². The number of fused-ring (bicyclic) bond motifs is 1. The first-order valence-corrected chi connectivity index (χ1v) is 8.48. The minimum atomic E-state index is -0.976. The lowest BCUT2D eigenvalue weighted by Crippen LogP contribution is -2.50. The van der Waals surface area contributed by atoms with Crippen LogP contribution in [0.25, 0.3) is 5.69 Å². The summed E-state index contributed by atoms with van der Waals surface area (Å²) in [4.78, 5) is 38.4. The first kappa shape index (κ1) is 17.5. The van der Waals surface area contributed by atoms with Gasteiger partial charge in [-0.2, -0.15) is 9.36 Å². The van der Waals surface area contributed by atoms with E-state index in [4.69, 9.17) is 10.5 Å². The number of nitrogens with zero attached hydrogens (tertiary/aromatic N) is 5. The molecule has 0 fully saturated rings. The third-order valence-corrected chi connectivity index (χ3v) is 4.32. The number of ether oxygens (including phenoxy) is 1. The van der Waals surface area contributed by atoms with Gasteiger partial charge < -0.3 is 15.4 Å². The van der Waals surface area contributed by atoms with E-state index in [0.717, 1.165) is 9.36 Å². The Kier molecular flexibility index (Phi) is 4.36. The summed E-state index contributed by atoms with van der Waals surface area (Å²) < 4.78 is 7.61. The van der Waals surface area contributed by atoms with Gasteiger partial charge in [0.05, 0.1) is 17.9 Å². The average molecular weight is 380 g/mol. The molecule has 0 spiro atoms. The maximum absolute atomic E-state index is 12.9. The van der Waals surface area contributed by atoms with Crippen LogP contribution in [0.4, 0.5) is 5.69 Å². The average Bonchev–Trinajstić information content (AvgIpc) is 3.07. The lowest BCUT2D eigenvalue weighted by Gasteiger charge is -2.33. The highest BCUT2D eigenvalue weighted by atomic mass is 16.5. The van der Waals surface area contributed by atoms with Crippen LogP contribution in [0.15, 0.2) is 59.4 Å². The molecule has 2 heterocycles. The summed E-state index contributed by atoms with van der Waals surface area (Å²) in [5, 5.41) is 7.60. The number of rotatable bonds is 4. The van der Waals surface area contributed by atoms with Crippen LogP contribution in [0, 0.1) is 0 Å². The second-order valence-electron chi connectivity index (χ2n) is 6.15. The summed E-state index contributed by atoms with van der Waals surface area (Å²) in [7, 11) is 0. The number of aromatic nitrogens is 4. The Balaban J connectivity index is 1.61. The molecule has 1 aliphatic rings. The van der Waals surface area contributed by atoms with E-state index < -0.39 is 23.6 Å². The number of hydrogen-bond acceptors (Lipinski definition) is 6. The van der Waals surface area contributed by atoms with Crippen molar-refractivity contribution >= 4 is 17.5 Å². The number of tetrazole rings is 1. The molecule has 142 valence electrons. The van der Waals surface area contributed by atoms with Crippen LogP contribution in [0.2, 0.25) is 0 Å². The van der Waals surface area contributed by atoms with E-state index in [-0.39, 0.29) is 13.1 Å². The molecule has 2 amide bonds. The van der Waals surface area contributed by atoms with Gasteiger partial charge in [-0.05, 0) is 34.7 Å². The normalized spacial score (nSPS) is 15.6. The molecule has 1 aliphatic heterocycles. The smallest absolute Gasteiger partial charge is 0.368 e. The monoisotopic (exact) mass is 380 g/mol. The van der Waals surface area contributed by atoms with Crippen molar-refractivity contribution in [3.8, 4) is 11.4 Å². The predicted octanol–water partition coefficient (Wildman–Crippen LogP) is -0.291. The molecule has 28 heavy (non-hydrogen) atoms. The van der Waals surface area contributed by atoms with Gasteiger partial charge in [0.25, 0.3) is 5.91 Å². The Morgan fingerprint density at radius 3 is 2.54 bits per heavy atom. The second kappa shape index (κ2) is 6.99. The topological polar surface area (TPSA) is 125 Å². The van der Waals surface area contributed by atoms with Crippen molar-refractivity contribution < 1.29 is 14.3 Å². The molecule has 0 bridgehead atoms. The first-order valence-electron chi connectivity index (χ1n) is 8.48. The molecule has 0 saturated carbocycles. The maximum atomic E-state index is 12.9. The fourth-order valence-electron chi connectivity index (χ4n) is 2.94. The van der Waals surface area contributed by atoms with Gasteiger partial charge in [-0.15, -0.1) is 0 Å². The molecule has 1 aromatic heterocycles. The van der Waals surface area contributed by atoms with Crippen LogP contribution in [-0.2, 0) is 16.1 Å². The SMILES string of the molecule is NC(=O)[C@@H]1CN(C(=O)Cn2nnn(-c3ccccc3)c2=O)c2ccccc2O1. The third-order valence-electron chi connectivity index (χ3n) is 4.32. The van der Waals surface area contributed by atoms with Gasteiger partial charge in [-0.1, -0.05) is 30.3 Å². The van der Waals surface area contributed by atoms with Crippen molar-refractivity contribution in [2.24, 2.45) is 5.73 Å². The van der Waals surface area contributed by atoms with Gasteiger partial charge in [0.15, 0.2) is 6.10 Å². The molecule has 2 aromatic carbocycles. The number of carbonyl (C=O) groups excluding carboxylic acids is 2. The van der Waals surface area contributed by atoms with Crippen molar-refractivity contribution in [3.63, 3.8) is 0 Å². The van der Waals surface area contributed by atoms with E-state index in [1.165, 1.54) is 4.90 Å². The van der Waals surface area contributed by atoms with E-state index in [9.17, 15) is 14.4 Å². The summed E-state index contributed by atoms with van der Waals surface area (Å²) in [6.07, 6.45) is -0.976. The molecule has 10 nitrogen and oxygen atoms in total. The molecule has 0 saturated heterocycles. The number of primary amides is 1. The zero-order valence-electron chi connectivity index (χ0n) is 14.6. The van der Waals surface area contributed by atoms with Gasteiger partial charge in [-0.25, -0.2) is 4.79 Å². The van der Waals surface area contributed by atoms with Crippen LogP contribution in [0.5, 0.6) is 5.75 Å². The number of carbonyl (C=O) groups is 2. The fourth-order valence-corrected chi connectivity index (χ4v) is 2.94. The van der Waals surface area contributed by atoms with E-state index in [1.807, 2.05) is 6.07 Å². The van der Waals surface area contributed by atoms with Crippen molar-refractivity contribution in [2.45, 2.75) is 12.6 Å². The van der Waals surface area contributed by atoms with Gasteiger partial charge in [-0.3, -0.25) is 9.59 Å². The Bertz CT molecular complexity index is 1090. The minimum absolute atomic E-state index is 0.0489. The number of nitrogens with two attached hydrogens (primary N) is 1. The molecule has 0 radical (unpaired) electrons. The van der Waals surface area contributed by atoms with Crippen molar-refractivity contribution in [1.29, 1.82) is 0 Å². The van der Waals surface area contributed by atoms with Crippen molar-refractivity contribution in [2.75, 3.05) is 11.4 Å². The zero-order valence-corrected chi connectivity index (χ0v) is 14.6. The number of anilines is 1. The van der Waals surface area contributed by atoms with E-state index >= 15 is 0 Å². The van der Waals surface area contributed by atoms with Crippen molar-refractivity contribution in [1.82, 2.24) is 19.8 Å². The number of benzene rings is 2. The Morgan fingerprint density at radius 1 is 1.07 bits per heavy atom. The summed E-state index contributed by atoms with van der Waals surface area (Å²) >= 11 is 0. The molecule has 0 aliphatic carbocycles. The standard InChI is InChI=1S/C18H16N6O4/c19-17(26)15-10-22(13-8-4-5-9-14(13)28-15)16(25)11-23-18(27)24(21-20-23)12-6-2-1-3-7-12/h1-9,15H,10-11H2,(H2,19,26)/t15-/m0/s1. The molecule has 0 unspecified atom stereocenters. The highest BCUT2D eigenvalue weighted by Crippen LogP contribution is 2.33. The van der Waals surface area contributed by atoms with Crippen LogP contribution < -0.4 is 21.1 Å². The largest absolute Gasteiger partial charge is 0.477 e. The van der Waals surface area contributed by atoms with E-state index in [1.54, 1.807) is 48.5 Å². The molecule has 1 atom stereocenters. The molecular formula is C18H16N6O4. The number of para-hydroxylation sites is 3. The quantitative estimate of drug-likeness (QED) is 0.663. The summed E-state index contributed by atoms with van der Waals surface area (Å²) in [5.41, 5.74) is 5.83. The summed E-state index contributed by atoms with van der Waals surface area (Å²) in [6, 6.07) is 15.5. The summed E-state index contributed by atoms with van der Waals surface area (Å²) in [5.74, 6) is -0.755. The number of amides is 2. The van der Waals surface area contributed by atoms with Gasteiger partial charge in [0, 0.05) is 0 Å². The molecule has 3 aromatic rings. The summed E-state index contributed by atoms with van der Waals surface area (Å²) in [6.45, 7) is -0.391. The lowest BCUT2D eigenvalue weighted by atomic mass is 10.1. The molecule has 2 N–H and O–H groups in total. The number of hydrogen-bond donors (Lipinski definition) is 1. The van der Waals surface area contributed by atoms with Crippen LogP contribution in [-0.4, -0.2) is 44.3 Å². The lowest BCUT2D eigenvalue weighted by molar-refractivity contribution is -0.125. The Hall–Kier alpha value is -3.95. The van der Waals surface area contributed by atoms with Crippen LogP contribution in [0.1, 0.15) is 0 Å². The highest BCUT2D eigenvalue weighted by Gasteiger charge is 2.33. The third kappa shape index (κ3) is 3.11. The van der Waals surface area contributed by atoms with Gasteiger partial charge in [0.1, 0.15) is 12.3 Å². The first-order chi connectivity index (χ1) is 13.5. The zero-order chi connectivity index (χ0) is 19.7. The Labute approximate surface area is 158 Å². The van der Waals surface area contributed by atoms with Gasteiger partial charge >= 0.3 is 5.69 Å². The van der Waals surface area contributed by atoms with Crippen molar-refractivity contribution in [3.05, 3.63) is 65.1 Å². The second-order valence-corrected chi connectivity index (χ2v) is 6.15. The van der Waals surface area contributed by atoms with E-state index in [0.29, 0.717) is 17.1 Å². The molecule has 4 rings (SSSR count). The highest BCUT2D eigenvalue weighted by molar-refractivity contribution is 5.96. The van der Waals surface area contributed by atoms with Crippen LogP contribution in [0.3, 0.4) is 0 Å². The Morgan fingerprint density at radius 2 is 1.79 bits per heavy atom. The fraction of sp³-hybridized carbons (Fsp3) is 0.167. The van der Waals surface area contributed by atoms with E-state index in [2.05, 4.69) is 10.4 Å². The van der Waals surface area contributed by atoms with Gasteiger partial charge in [0.2, 0.25) is 5.91 Å². The maximum Gasteiger partial charge on any atom is 0.368 e.